The molecule has 1 saturated carbocycles. The van der Waals surface area contributed by atoms with Gasteiger partial charge in [-0.15, -0.1) is 0 Å². The van der Waals surface area contributed by atoms with Gasteiger partial charge in [0.25, 0.3) is 0 Å². The average Bonchev–Trinajstić information content (AvgIpc) is 3.05. The average molecular weight is 272 g/mol. The predicted octanol–water partition coefficient (Wildman–Crippen LogP) is 3.55. The van der Waals surface area contributed by atoms with Gasteiger partial charge in [-0.1, -0.05) is 26.7 Å². The SMILES string of the molecule is CC(C)CN(c1cc2[nH]ncc2cc1N)C1CCCC1. The highest BCUT2D eigenvalue weighted by atomic mass is 15.2. The molecule has 0 aliphatic heterocycles. The van der Waals surface area contributed by atoms with Crippen molar-refractivity contribution in [2.75, 3.05) is 17.2 Å². The molecule has 3 rings (SSSR count). The van der Waals surface area contributed by atoms with Crippen LogP contribution in [0.15, 0.2) is 18.3 Å². The highest BCUT2D eigenvalue weighted by Crippen LogP contribution is 2.34. The van der Waals surface area contributed by atoms with Crippen molar-refractivity contribution < 1.29 is 0 Å². The number of anilines is 2. The smallest absolute Gasteiger partial charge is 0.0672 e. The fraction of sp³-hybridized carbons (Fsp3) is 0.562. The molecule has 0 radical (unpaired) electrons. The number of aromatic nitrogens is 2. The van der Waals surface area contributed by atoms with Crippen molar-refractivity contribution in [3.8, 4) is 0 Å². The van der Waals surface area contributed by atoms with Gasteiger partial charge in [-0.25, -0.2) is 0 Å². The van der Waals surface area contributed by atoms with E-state index in [4.69, 9.17) is 5.73 Å². The number of nitrogens with zero attached hydrogens (tertiary/aromatic N) is 2. The maximum atomic E-state index is 6.31. The molecule has 0 unspecified atom stereocenters. The van der Waals surface area contributed by atoms with Gasteiger partial charge in [0.2, 0.25) is 0 Å². The topological polar surface area (TPSA) is 57.9 Å². The fourth-order valence-electron chi connectivity index (χ4n) is 3.30. The Hall–Kier alpha value is -1.71. The fourth-order valence-corrected chi connectivity index (χ4v) is 3.30. The molecule has 1 aromatic heterocycles. The maximum Gasteiger partial charge on any atom is 0.0672 e. The van der Waals surface area contributed by atoms with E-state index < -0.39 is 0 Å². The molecule has 0 atom stereocenters. The van der Waals surface area contributed by atoms with Gasteiger partial charge in [0.1, 0.15) is 0 Å². The summed E-state index contributed by atoms with van der Waals surface area (Å²) in [7, 11) is 0. The van der Waals surface area contributed by atoms with E-state index >= 15 is 0 Å². The molecule has 4 heteroatoms. The number of hydrogen-bond donors (Lipinski definition) is 2. The summed E-state index contributed by atoms with van der Waals surface area (Å²) in [4.78, 5) is 2.52. The Bertz CT molecular complexity index is 581. The van der Waals surface area contributed by atoms with Crippen LogP contribution in [-0.2, 0) is 0 Å². The van der Waals surface area contributed by atoms with E-state index in [-0.39, 0.29) is 0 Å². The van der Waals surface area contributed by atoms with E-state index in [2.05, 4.69) is 35.0 Å². The van der Waals surface area contributed by atoms with E-state index in [1.165, 1.54) is 31.4 Å². The third kappa shape index (κ3) is 2.47. The molecule has 1 aliphatic carbocycles. The zero-order chi connectivity index (χ0) is 14.1. The van der Waals surface area contributed by atoms with Crippen molar-refractivity contribution in [2.45, 2.75) is 45.6 Å². The molecular formula is C16H24N4. The minimum absolute atomic E-state index is 0.632. The first-order chi connectivity index (χ1) is 9.65. The number of nitrogens with two attached hydrogens (primary N) is 1. The first-order valence-corrected chi connectivity index (χ1v) is 7.64. The van der Waals surface area contributed by atoms with E-state index in [9.17, 15) is 0 Å². The van der Waals surface area contributed by atoms with Crippen molar-refractivity contribution in [2.24, 2.45) is 5.92 Å². The van der Waals surface area contributed by atoms with Gasteiger partial charge in [-0.2, -0.15) is 5.10 Å². The second-order valence-electron chi connectivity index (χ2n) is 6.35. The Morgan fingerprint density at radius 3 is 2.80 bits per heavy atom. The van der Waals surface area contributed by atoms with E-state index in [1.54, 1.807) is 0 Å². The van der Waals surface area contributed by atoms with Crippen LogP contribution in [0.2, 0.25) is 0 Å². The third-order valence-electron chi connectivity index (χ3n) is 4.22. The molecule has 0 bridgehead atoms. The summed E-state index contributed by atoms with van der Waals surface area (Å²) in [5, 5.41) is 8.24. The van der Waals surface area contributed by atoms with Crippen molar-refractivity contribution in [1.82, 2.24) is 10.2 Å². The second kappa shape index (κ2) is 5.35. The number of nitrogens with one attached hydrogen (secondary N) is 1. The van der Waals surface area contributed by atoms with Crippen LogP contribution in [0.25, 0.3) is 10.9 Å². The number of fused-ring (bicyclic) bond motifs is 1. The maximum absolute atomic E-state index is 6.31. The molecule has 0 spiro atoms. The van der Waals surface area contributed by atoms with Gasteiger partial charge in [-0.3, -0.25) is 5.10 Å². The zero-order valence-electron chi connectivity index (χ0n) is 12.4. The number of rotatable bonds is 4. The van der Waals surface area contributed by atoms with E-state index in [0.29, 0.717) is 12.0 Å². The number of nitrogen functional groups attached to an aromatic ring is 1. The van der Waals surface area contributed by atoms with Crippen LogP contribution >= 0.6 is 0 Å². The number of hydrogen-bond acceptors (Lipinski definition) is 3. The number of aromatic amines is 1. The Balaban J connectivity index is 2.00. The van der Waals surface area contributed by atoms with Gasteiger partial charge < -0.3 is 10.6 Å². The summed E-state index contributed by atoms with van der Waals surface area (Å²) in [6.07, 6.45) is 7.08. The van der Waals surface area contributed by atoms with Gasteiger partial charge in [0.05, 0.1) is 23.1 Å². The summed E-state index contributed by atoms with van der Waals surface area (Å²) >= 11 is 0. The minimum Gasteiger partial charge on any atom is -0.397 e. The number of H-pyrrole nitrogens is 1. The van der Waals surface area contributed by atoms with Crippen LogP contribution in [-0.4, -0.2) is 22.8 Å². The minimum atomic E-state index is 0.632. The van der Waals surface area contributed by atoms with Crippen LogP contribution in [0, 0.1) is 5.92 Å². The van der Waals surface area contributed by atoms with Gasteiger partial charge in [-0.05, 0) is 30.9 Å². The molecule has 1 heterocycles. The molecular weight excluding hydrogens is 248 g/mol. The highest BCUT2D eigenvalue weighted by molar-refractivity contribution is 5.89. The Morgan fingerprint density at radius 1 is 1.35 bits per heavy atom. The molecule has 1 fully saturated rings. The van der Waals surface area contributed by atoms with Gasteiger partial charge in [0.15, 0.2) is 0 Å². The standard InChI is InChI=1S/C16H24N4/c1-11(2)10-20(13-5-3-4-6-13)16-8-15-12(7-14(16)17)9-18-19-15/h7-9,11,13H,3-6,10,17H2,1-2H3,(H,18,19). The van der Waals surface area contributed by atoms with Crippen LogP contribution in [0.1, 0.15) is 39.5 Å². The lowest BCUT2D eigenvalue weighted by Crippen LogP contribution is -2.36. The van der Waals surface area contributed by atoms with Crippen molar-refractivity contribution in [3.63, 3.8) is 0 Å². The summed E-state index contributed by atoms with van der Waals surface area (Å²) in [6, 6.07) is 4.84. The van der Waals surface area contributed by atoms with E-state index in [0.717, 1.165) is 23.1 Å². The summed E-state index contributed by atoms with van der Waals surface area (Å²) in [5.41, 5.74) is 9.41. The van der Waals surface area contributed by atoms with Crippen molar-refractivity contribution in [1.29, 1.82) is 0 Å². The highest BCUT2D eigenvalue weighted by Gasteiger charge is 2.25. The summed E-state index contributed by atoms with van der Waals surface area (Å²) < 4.78 is 0. The Morgan fingerprint density at radius 2 is 2.10 bits per heavy atom. The second-order valence-corrected chi connectivity index (χ2v) is 6.35. The normalized spacial score (nSPS) is 16.4. The molecule has 1 aromatic carbocycles. The quantitative estimate of drug-likeness (QED) is 0.837. The molecule has 3 N–H and O–H groups in total. The molecule has 0 saturated heterocycles. The van der Waals surface area contributed by atoms with Crippen molar-refractivity contribution >= 4 is 22.3 Å². The largest absolute Gasteiger partial charge is 0.397 e. The van der Waals surface area contributed by atoms with E-state index in [1.807, 2.05) is 12.3 Å². The molecule has 0 amide bonds. The van der Waals surface area contributed by atoms with Crippen molar-refractivity contribution in [3.05, 3.63) is 18.3 Å². The van der Waals surface area contributed by atoms with Crippen LogP contribution < -0.4 is 10.6 Å². The van der Waals surface area contributed by atoms with Crippen LogP contribution in [0.3, 0.4) is 0 Å². The summed E-state index contributed by atoms with van der Waals surface area (Å²) in [5.74, 6) is 0.632. The number of benzene rings is 1. The first kappa shape index (κ1) is 13.3. The predicted molar refractivity (Wildman–Crippen MR) is 84.9 cm³/mol. The monoisotopic (exact) mass is 272 g/mol. The van der Waals surface area contributed by atoms with Crippen LogP contribution in [0.5, 0.6) is 0 Å². The van der Waals surface area contributed by atoms with Crippen LogP contribution in [0.4, 0.5) is 11.4 Å². The molecule has 2 aromatic rings. The Labute approximate surface area is 120 Å². The molecule has 20 heavy (non-hydrogen) atoms. The van der Waals surface area contributed by atoms with Gasteiger partial charge in [0, 0.05) is 18.0 Å². The lowest BCUT2D eigenvalue weighted by molar-refractivity contribution is 0.536. The Kier molecular flexibility index (Phi) is 3.55. The van der Waals surface area contributed by atoms with Gasteiger partial charge >= 0.3 is 0 Å². The molecule has 108 valence electrons. The molecule has 1 aliphatic rings. The lowest BCUT2D eigenvalue weighted by Gasteiger charge is -2.33. The first-order valence-electron chi connectivity index (χ1n) is 7.64. The lowest BCUT2D eigenvalue weighted by atomic mass is 10.1. The molecule has 4 nitrogen and oxygen atoms in total. The summed E-state index contributed by atoms with van der Waals surface area (Å²) in [6.45, 7) is 5.61. The third-order valence-corrected chi connectivity index (χ3v) is 4.22. The zero-order valence-corrected chi connectivity index (χ0v) is 12.4.